The van der Waals surface area contributed by atoms with Crippen molar-refractivity contribution in [3.8, 4) is 0 Å². The van der Waals surface area contributed by atoms with Crippen LogP contribution >= 0.6 is 0 Å². The first-order chi connectivity index (χ1) is 6.20. The average molecular weight is 179 g/mol. The van der Waals surface area contributed by atoms with Crippen LogP contribution in [0.2, 0.25) is 0 Å². The largest absolute Gasteiger partial charge is 0.264 e. The SMILES string of the molecule is C[N+]1(O)CCCC1c1cccnc1. The van der Waals surface area contributed by atoms with Gasteiger partial charge in [0, 0.05) is 30.8 Å². The molecule has 1 aromatic rings. The van der Waals surface area contributed by atoms with Crippen LogP contribution in [0, 0.1) is 0 Å². The van der Waals surface area contributed by atoms with Crippen molar-refractivity contribution >= 4 is 0 Å². The fourth-order valence-electron chi connectivity index (χ4n) is 2.10. The standard InChI is InChI=1S/C10H15N2O/c1-12(13)7-3-5-10(12)9-4-2-6-11-8-9/h2,4,6,8,10,13H,3,5,7H2,1H3/q+1. The van der Waals surface area contributed by atoms with Gasteiger partial charge in [0.15, 0.2) is 0 Å². The number of hydrogen-bond acceptors (Lipinski definition) is 2. The van der Waals surface area contributed by atoms with Crippen molar-refractivity contribution in [1.29, 1.82) is 0 Å². The minimum absolute atomic E-state index is 0.117. The fraction of sp³-hybridized carbons (Fsp3) is 0.500. The van der Waals surface area contributed by atoms with E-state index in [1.165, 1.54) is 0 Å². The molecule has 3 heteroatoms. The highest BCUT2D eigenvalue weighted by molar-refractivity contribution is 5.12. The Morgan fingerprint density at radius 3 is 3.00 bits per heavy atom. The van der Waals surface area contributed by atoms with Crippen molar-refractivity contribution in [2.24, 2.45) is 0 Å². The van der Waals surface area contributed by atoms with Crippen LogP contribution in [-0.4, -0.2) is 28.4 Å². The number of likely N-dealkylation sites (tertiary alicyclic amines) is 1. The van der Waals surface area contributed by atoms with Crippen LogP contribution in [0.5, 0.6) is 0 Å². The molecular weight excluding hydrogens is 164 g/mol. The zero-order chi connectivity index (χ0) is 9.31. The molecule has 0 amide bonds. The summed E-state index contributed by atoms with van der Waals surface area (Å²) in [6.45, 7) is 0.847. The van der Waals surface area contributed by atoms with E-state index in [-0.39, 0.29) is 10.7 Å². The van der Waals surface area contributed by atoms with Gasteiger partial charge in [-0.3, -0.25) is 4.98 Å². The van der Waals surface area contributed by atoms with Gasteiger partial charge < -0.3 is 0 Å². The van der Waals surface area contributed by atoms with Crippen molar-refractivity contribution in [3.63, 3.8) is 0 Å². The summed E-state index contributed by atoms with van der Waals surface area (Å²) >= 11 is 0. The Morgan fingerprint density at radius 2 is 2.46 bits per heavy atom. The first kappa shape index (κ1) is 8.66. The molecule has 0 aliphatic carbocycles. The van der Waals surface area contributed by atoms with Crippen LogP contribution < -0.4 is 0 Å². The molecule has 1 aliphatic heterocycles. The van der Waals surface area contributed by atoms with E-state index < -0.39 is 0 Å². The summed E-state index contributed by atoms with van der Waals surface area (Å²) in [4.78, 5) is 4.07. The molecule has 0 aromatic carbocycles. The van der Waals surface area contributed by atoms with Gasteiger partial charge >= 0.3 is 0 Å². The lowest BCUT2D eigenvalue weighted by Crippen LogP contribution is -2.39. The molecule has 70 valence electrons. The molecule has 1 aliphatic rings. The lowest BCUT2D eigenvalue weighted by atomic mass is 10.1. The van der Waals surface area contributed by atoms with Crippen LogP contribution in [0.3, 0.4) is 0 Å². The Kier molecular flexibility index (Phi) is 2.06. The van der Waals surface area contributed by atoms with Crippen molar-refractivity contribution in [2.45, 2.75) is 18.9 Å². The van der Waals surface area contributed by atoms with Crippen LogP contribution in [0.25, 0.3) is 0 Å². The predicted octanol–water partition coefficient (Wildman–Crippen LogP) is 1.75. The normalized spacial score (nSPS) is 33.5. The smallest absolute Gasteiger partial charge is 0.146 e. The van der Waals surface area contributed by atoms with Crippen molar-refractivity contribution < 1.29 is 9.85 Å². The molecule has 1 aromatic heterocycles. The van der Waals surface area contributed by atoms with E-state index in [9.17, 15) is 5.21 Å². The predicted molar refractivity (Wildman–Crippen MR) is 49.0 cm³/mol. The molecule has 3 nitrogen and oxygen atoms in total. The van der Waals surface area contributed by atoms with E-state index in [4.69, 9.17) is 0 Å². The third kappa shape index (κ3) is 1.57. The molecule has 2 unspecified atom stereocenters. The van der Waals surface area contributed by atoms with Gasteiger partial charge in [-0.15, -0.1) is 0 Å². The molecule has 0 saturated carbocycles. The Balaban J connectivity index is 2.27. The first-order valence-electron chi connectivity index (χ1n) is 4.68. The molecule has 1 fully saturated rings. The van der Waals surface area contributed by atoms with Gasteiger partial charge in [0.25, 0.3) is 0 Å². The zero-order valence-electron chi connectivity index (χ0n) is 7.85. The first-order valence-corrected chi connectivity index (χ1v) is 4.68. The molecule has 2 rings (SSSR count). The summed E-state index contributed by atoms with van der Waals surface area (Å²) in [5.74, 6) is 0. The minimum Gasteiger partial charge on any atom is -0.264 e. The summed E-state index contributed by atoms with van der Waals surface area (Å²) in [6, 6.07) is 4.18. The maximum absolute atomic E-state index is 10.0. The second-order valence-corrected chi connectivity index (χ2v) is 3.88. The molecule has 0 radical (unpaired) electrons. The number of hydroxylamine groups is 3. The minimum atomic E-state index is 0.117. The van der Waals surface area contributed by atoms with Crippen molar-refractivity contribution in [3.05, 3.63) is 30.1 Å². The van der Waals surface area contributed by atoms with E-state index in [1.54, 1.807) is 6.20 Å². The van der Waals surface area contributed by atoms with Gasteiger partial charge in [-0.1, -0.05) is 0 Å². The maximum atomic E-state index is 10.0. The van der Waals surface area contributed by atoms with Crippen LogP contribution in [0.4, 0.5) is 0 Å². The molecule has 2 heterocycles. The lowest BCUT2D eigenvalue weighted by molar-refractivity contribution is -1.10. The molecule has 13 heavy (non-hydrogen) atoms. The Morgan fingerprint density at radius 1 is 1.62 bits per heavy atom. The highest BCUT2D eigenvalue weighted by atomic mass is 16.5. The van der Waals surface area contributed by atoms with Crippen LogP contribution in [-0.2, 0) is 0 Å². The Hall–Kier alpha value is -0.930. The summed E-state index contributed by atoms with van der Waals surface area (Å²) < 4.78 is 0.117. The van der Waals surface area contributed by atoms with Gasteiger partial charge in [0.05, 0.1) is 7.05 Å². The number of rotatable bonds is 1. The summed E-state index contributed by atoms with van der Waals surface area (Å²) in [5, 5.41) is 10.0. The number of pyridine rings is 1. The number of quaternary nitrogens is 1. The lowest BCUT2D eigenvalue weighted by Gasteiger charge is -2.26. The van der Waals surface area contributed by atoms with Gasteiger partial charge in [-0.2, -0.15) is 4.65 Å². The second kappa shape index (κ2) is 3.09. The van der Waals surface area contributed by atoms with E-state index in [0.717, 1.165) is 24.9 Å². The van der Waals surface area contributed by atoms with Crippen molar-refractivity contribution in [1.82, 2.24) is 4.98 Å². The number of nitrogens with zero attached hydrogens (tertiary/aromatic N) is 2. The average Bonchev–Trinajstić information content (AvgIpc) is 2.47. The van der Waals surface area contributed by atoms with E-state index in [1.807, 2.05) is 25.4 Å². The zero-order valence-corrected chi connectivity index (χ0v) is 7.85. The van der Waals surface area contributed by atoms with Crippen LogP contribution in [0.15, 0.2) is 24.5 Å². The summed E-state index contributed by atoms with van der Waals surface area (Å²) in [6.07, 6.45) is 5.76. The molecule has 0 spiro atoms. The molecule has 1 N–H and O–H groups in total. The fourth-order valence-corrected chi connectivity index (χ4v) is 2.10. The third-order valence-corrected chi connectivity index (χ3v) is 2.83. The van der Waals surface area contributed by atoms with Crippen molar-refractivity contribution in [2.75, 3.05) is 13.6 Å². The van der Waals surface area contributed by atoms with Gasteiger partial charge in [0.1, 0.15) is 12.6 Å². The van der Waals surface area contributed by atoms with E-state index in [2.05, 4.69) is 4.98 Å². The summed E-state index contributed by atoms with van der Waals surface area (Å²) in [7, 11) is 1.87. The quantitative estimate of drug-likeness (QED) is 0.666. The molecule has 0 bridgehead atoms. The third-order valence-electron chi connectivity index (χ3n) is 2.83. The van der Waals surface area contributed by atoms with Gasteiger partial charge in [-0.25, -0.2) is 5.21 Å². The number of aromatic nitrogens is 1. The monoisotopic (exact) mass is 179 g/mol. The molecule has 2 atom stereocenters. The maximum Gasteiger partial charge on any atom is 0.146 e. The molecule has 1 saturated heterocycles. The van der Waals surface area contributed by atoms with E-state index >= 15 is 0 Å². The topological polar surface area (TPSA) is 33.1 Å². The van der Waals surface area contributed by atoms with E-state index in [0.29, 0.717) is 0 Å². The Labute approximate surface area is 78.2 Å². The highest BCUT2D eigenvalue weighted by Gasteiger charge is 2.38. The van der Waals surface area contributed by atoms with Gasteiger partial charge in [0.2, 0.25) is 0 Å². The molecular formula is C10H15N2O+. The summed E-state index contributed by atoms with van der Waals surface area (Å²) in [5.41, 5.74) is 1.14. The van der Waals surface area contributed by atoms with Gasteiger partial charge in [-0.05, 0) is 12.1 Å². The Bertz CT molecular complexity index is 284. The van der Waals surface area contributed by atoms with Crippen LogP contribution in [0.1, 0.15) is 24.4 Å². The number of hydrogen-bond donors (Lipinski definition) is 1. The second-order valence-electron chi connectivity index (χ2n) is 3.88. The highest BCUT2D eigenvalue weighted by Crippen LogP contribution is 2.34.